The van der Waals surface area contributed by atoms with Gasteiger partial charge >= 0.3 is 0 Å². The zero-order valence-electron chi connectivity index (χ0n) is 14.3. The van der Waals surface area contributed by atoms with E-state index in [4.69, 9.17) is 5.73 Å². The van der Waals surface area contributed by atoms with Crippen LogP contribution in [-0.4, -0.2) is 27.8 Å². The first-order valence-electron chi connectivity index (χ1n) is 8.46. The van der Waals surface area contributed by atoms with Crippen LogP contribution in [0.3, 0.4) is 0 Å². The summed E-state index contributed by atoms with van der Waals surface area (Å²) in [6.45, 7) is 6.23. The van der Waals surface area contributed by atoms with Gasteiger partial charge in [-0.25, -0.2) is 0 Å². The zero-order valence-corrected chi connectivity index (χ0v) is 15.1. The Morgan fingerprint density at radius 2 is 1.91 bits per heavy atom. The number of carbonyl (C=O) groups is 1. The van der Waals surface area contributed by atoms with Crippen molar-refractivity contribution in [2.75, 3.05) is 0 Å². The van der Waals surface area contributed by atoms with Crippen molar-refractivity contribution < 1.29 is 4.79 Å². The van der Waals surface area contributed by atoms with Gasteiger partial charge in [0.05, 0.1) is 17.3 Å². The van der Waals surface area contributed by atoms with Gasteiger partial charge < -0.3 is 11.1 Å². The lowest BCUT2D eigenvalue weighted by molar-refractivity contribution is 0.0756. The molecule has 2 saturated carbocycles. The Balaban J connectivity index is 0.00000192. The van der Waals surface area contributed by atoms with Crippen molar-refractivity contribution in [3.63, 3.8) is 0 Å². The van der Waals surface area contributed by atoms with E-state index in [9.17, 15) is 4.79 Å². The highest BCUT2D eigenvalue weighted by Crippen LogP contribution is 2.39. The molecule has 3 rings (SSSR count). The number of hydrogen-bond donors (Lipinski definition) is 2. The third-order valence-electron chi connectivity index (χ3n) is 5.21. The molecule has 0 radical (unpaired) electrons. The van der Waals surface area contributed by atoms with Crippen molar-refractivity contribution in [2.45, 2.75) is 70.5 Å². The van der Waals surface area contributed by atoms with Crippen LogP contribution in [0.4, 0.5) is 0 Å². The van der Waals surface area contributed by atoms with E-state index < -0.39 is 0 Å². The molecule has 2 bridgehead atoms. The lowest BCUT2D eigenvalue weighted by Gasteiger charge is -2.45. The highest BCUT2D eigenvalue weighted by Gasteiger charge is 2.40. The van der Waals surface area contributed by atoms with E-state index in [1.165, 1.54) is 19.3 Å². The molecule has 1 aromatic rings. The molecule has 1 aromatic heterocycles. The van der Waals surface area contributed by atoms with Gasteiger partial charge in [0.1, 0.15) is 0 Å². The number of hydrogen-bond acceptors (Lipinski definition) is 3. The summed E-state index contributed by atoms with van der Waals surface area (Å²) in [6.07, 6.45) is 9.26. The topological polar surface area (TPSA) is 72.9 Å². The number of fused-ring (bicyclic) bond motifs is 2. The van der Waals surface area contributed by atoms with Crippen LogP contribution < -0.4 is 11.1 Å². The molecule has 0 aromatic carbocycles. The Kier molecular flexibility index (Phi) is 5.41. The number of amides is 1. The fraction of sp³-hybridized carbons (Fsp3) is 0.765. The molecule has 0 spiro atoms. The Labute approximate surface area is 144 Å². The maximum absolute atomic E-state index is 12.6. The Morgan fingerprint density at radius 3 is 2.43 bits per heavy atom. The summed E-state index contributed by atoms with van der Waals surface area (Å²) in [5, 5.41) is 7.60. The quantitative estimate of drug-likeness (QED) is 0.869. The van der Waals surface area contributed by atoms with E-state index in [0.717, 1.165) is 12.8 Å². The van der Waals surface area contributed by atoms with Crippen molar-refractivity contribution in [1.29, 1.82) is 0 Å². The first-order chi connectivity index (χ1) is 10.3. The number of nitrogens with zero attached hydrogens (tertiary/aromatic N) is 2. The molecule has 3 N–H and O–H groups in total. The van der Waals surface area contributed by atoms with Gasteiger partial charge in [0.25, 0.3) is 5.91 Å². The summed E-state index contributed by atoms with van der Waals surface area (Å²) in [6, 6.07) is 0.603. The standard InChI is InChI=1S/C17H28N4O.ClH/c1-17(2,3)21-10-13(9-19-21)16(22)20-15-11-5-4-6-12(15)8-14(18)7-11;/h9-12,14-15H,4-8,18H2,1-3H3,(H,20,22);1H. The summed E-state index contributed by atoms with van der Waals surface area (Å²) < 4.78 is 1.85. The summed E-state index contributed by atoms with van der Waals surface area (Å²) in [7, 11) is 0. The third-order valence-corrected chi connectivity index (χ3v) is 5.21. The van der Waals surface area contributed by atoms with Crippen molar-refractivity contribution in [3.8, 4) is 0 Å². The maximum Gasteiger partial charge on any atom is 0.254 e. The molecular weight excluding hydrogens is 312 g/mol. The average molecular weight is 341 g/mol. The van der Waals surface area contributed by atoms with Crippen LogP contribution in [0.1, 0.15) is 63.2 Å². The largest absolute Gasteiger partial charge is 0.349 e. The fourth-order valence-electron chi connectivity index (χ4n) is 4.07. The second-order valence-electron chi connectivity index (χ2n) is 8.03. The van der Waals surface area contributed by atoms with E-state index >= 15 is 0 Å². The van der Waals surface area contributed by atoms with Crippen LogP contribution in [0.5, 0.6) is 0 Å². The molecular formula is C17H29ClN4O. The van der Waals surface area contributed by atoms with Crippen LogP contribution in [0, 0.1) is 11.8 Å². The molecule has 23 heavy (non-hydrogen) atoms. The molecule has 2 fully saturated rings. The van der Waals surface area contributed by atoms with E-state index in [0.29, 0.717) is 29.5 Å². The molecule has 1 amide bonds. The minimum absolute atomic E-state index is 0. The normalized spacial score (nSPS) is 30.4. The molecule has 5 nitrogen and oxygen atoms in total. The molecule has 130 valence electrons. The second-order valence-corrected chi connectivity index (χ2v) is 8.03. The molecule has 0 aliphatic heterocycles. The van der Waals surface area contributed by atoms with Gasteiger partial charge in [-0.1, -0.05) is 6.42 Å². The summed E-state index contributed by atoms with van der Waals surface area (Å²) >= 11 is 0. The molecule has 1 heterocycles. The average Bonchev–Trinajstić information content (AvgIpc) is 2.89. The van der Waals surface area contributed by atoms with Crippen LogP contribution in [0.25, 0.3) is 0 Å². The SMILES string of the molecule is CC(C)(C)n1cc(C(=O)NC2C3CCCC2CC(N)C3)cn1.Cl. The highest BCUT2D eigenvalue weighted by molar-refractivity contribution is 5.93. The van der Waals surface area contributed by atoms with Crippen molar-refractivity contribution in [1.82, 2.24) is 15.1 Å². The minimum atomic E-state index is -0.105. The number of rotatable bonds is 2. The Morgan fingerprint density at radius 1 is 1.30 bits per heavy atom. The predicted molar refractivity (Wildman–Crippen MR) is 93.8 cm³/mol. The molecule has 2 atom stereocenters. The first-order valence-corrected chi connectivity index (χ1v) is 8.46. The monoisotopic (exact) mass is 340 g/mol. The van der Waals surface area contributed by atoms with Gasteiger partial charge in [0.2, 0.25) is 0 Å². The molecule has 0 saturated heterocycles. The third kappa shape index (κ3) is 3.89. The van der Waals surface area contributed by atoms with Gasteiger partial charge in [0.15, 0.2) is 0 Å². The number of halogens is 1. The Hall–Kier alpha value is -1.07. The van der Waals surface area contributed by atoms with E-state index in [-0.39, 0.29) is 23.9 Å². The van der Waals surface area contributed by atoms with Crippen molar-refractivity contribution >= 4 is 18.3 Å². The van der Waals surface area contributed by atoms with Crippen molar-refractivity contribution in [3.05, 3.63) is 18.0 Å². The van der Waals surface area contributed by atoms with Crippen LogP contribution >= 0.6 is 12.4 Å². The molecule has 6 heteroatoms. The smallest absolute Gasteiger partial charge is 0.254 e. The van der Waals surface area contributed by atoms with E-state index in [1.54, 1.807) is 6.20 Å². The van der Waals surface area contributed by atoms with Gasteiger partial charge in [-0.2, -0.15) is 5.10 Å². The predicted octanol–water partition coefficient (Wildman–Crippen LogP) is 2.70. The van der Waals surface area contributed by atoms with Crippen molar-refractivity contribution in [2.24, 2.45) is 17.6 Å². The minimum Gasteiger partial charge on any atom is -0.349 e. The fourth-order valence-corrected chi connectivity index (χ4v) is 4.07. The number of nitrogens with two attached hydrogens (primary N) is 1. The molecule has 2 aliphatic carbocycles. The zero-order chi connectivity index (χ0) is 15.9. The van der Waals surface area contributed by atoms with E-state index in [1.807, 2.05) is 10.9 Å². The lowest BCUT2D eigenvalue weighted by Crippen LogP contribution is -2.53. The lowest BCUT2D eigenvalue weighted by atomic mass is 9.67. The van der Waals surface area contributed by atoms with Gasteiger partial charge in [0, 0.05) is 18.3 Å². The van der Waals surface area contributed by atoms with E-state index in [2.05, 4.69) is 31.2 Å². The van der Waals surface area contributed by atoms with Gasteiger partial charge in [-0.3, -0.25) is 9.48 Å². The van der Waals surface area contributed by atoms with Crippen LogP contribution in [0.15, 0.2) is 12.4 Å². The van der Waals surface area contributed by atoms with Crippen LogP contribution in [-0.2, 0) is 5.54 Å². The number of nitrogens with one attached hydrogen (secondary N) is 1. The maximum atomic E-state index is 12.6. The molecule has 2 unspecified atom stereocenters. The number of aromatic nitrogens is 2. The highest BCUT2D eigenvalue weighted by atomic mass is 35.5. The van der Waals surface area contributed by atoms with Gasteiger partial charge in [-0.15, -0.1) is 12.4 Å². The second kappa shape index (κ2) is 6.81. The summed E-state index contributed by atoms with van der Waals surface area (Å²) in [5.41, 5.74) is 6.71. The van der Waals surface area contributed by atoms with Crippen LogP contribution in [0.2, 0.25) is 0 Å². The van der Waals surface area contributed by atoms with Gasteiger partial charge in [-0.05, 0) is 58.3 Å². The first kappa shape index (κ1) is 18.3. The summed E-state index contributed by atoms with van der Waals surface area (Å²) in [4.78, 5) is 12.6. The Bertz CT molecular complexity index is 537. The summed E-state index contributed by atoms with van der Waals surface area (Å²) in [5.74, 6) is 1.10. The number of carbonyl (C=O) groups excluding carboxylic acids is 1. The molecule has 2 aliphatic rings.